The average molecular weight is 632 g/mol. The predicted octanol–water partition coefficient (Wildman–Crippen LogP) is -2.62. The number of nitrogens with one attached hydrogen (secondary N) is 4. The summed E-state index contributed by atoms with van der Waals surface area (Å²) < 4.78 is 0. The number of nitrogens with two attached hydrogens (primary N) is 1. The topological polar surface area (TPSA) is 278 Å². The molecule has 0 radical (unpaired) electrons. The largest absolute Gasteiger partial charge is 0.508 e. The molecule has 0 fully saturated rings. The molecular formula is C29H37N5O11. The van der Waals surface area contributed by atoms with Gasteiger partial charge in [0, 0.05) is 12.8 Å². The maximum absolute atomic E-state index is 13.0. The number of aromatic hydroxyl groups is 1. The first kappa shape index (κ1) is 36.1. The molecule has 2 aromatic rings. The number of benzene rings is 2. The number of aliphatic carboxylic acids is 2. The second-order valence-electron chi connectivity index (χ2n) is 10.0. The number of hydrogen-bond acceptors (Lipinski definition) is 10. The summed E-state index contributed by atoms with van der Waals surface area (Å²) >= 11 is 0. The number of hydrogen-bond donors (Lipinski definition) is 10. The van der Waals surface area contributed by atoms with E-state index in [2.05, 4.69) is 21.3 Å². The number of phenols is 1. The highest BCUT2D eigenvalue weighted by molar-refractivity contribution is 5.95. The second kappa shape index (κ2) is 17.9. The molecule has 0 heterocycles. The number of amides is 4. The van der Waals surface area contributed by atoms with Crippen molar-refractivity contribution in [3.8, 4) is 5.75 Å². The number of phenolic OH excluding ortho intramolecular Hbond substituents is 1. The Morgan fingerprint density at radius 1 is 0.622 bits per heavy atom. The molecule has 0 unspecified atom stereocenters. The number of aliphatic hydroxyl groups is 2. The van der Waals surface area contributed by atoms with Gasteiger partial charge < -0.3 is 52.5 Å². The highest BCUT2D eigenvalue weighted by Crippen LogP contribution is 2.11. The van der Waals surface area contributed by atoms with Crippen molar-refractivity contribution in [2.45, 2.75) is 55.9 Å². The van der Waals surface area contributed by atoms with E-state index in [-0.39, 0.29) is 18.6 Å². The van der Waals surface area contributed by atoms with Gasteiger partial charge in [0.15, 0.2) is 0 Å². The molecule has 0 saturated heterocycles. The Kier molecular flexibility index (Phi) is 14.4. The number of carboxylic acids is 2. The first-order valence-electron chi connectivity index (χ1n) is 13.8. The number of carbonyl (C=O) groups excluding carboxylic acids is 4. The van der Waals surface area contributed by atoms with Gasteiger partial charge in [-0.1, -0.05) is 42.5 Å². The Morgan fingerprint density at radius 2 is 1.09 bits per heavy atom. The third kappa shape index (κ3) is 12.2. The van der Waals surface area contributed by atoms with Gasteiger partial charge in [-0.15, -0.1) is 0 Å². The molecule has 0 bridgehead atoms. The van der Waals surface area contributed by atoms with Gasteiger partial charge in [-0.25, -0.2) is 4.79 Å². The van der Waals surface area contributed by atoms with Crippen molar-refractivity contribution in [2.75, 3.05) is 13.2 Å². The first-order chi connectivity index (χ1) is 21.3. The minimum atomic E-state index is -1.71. The van der Waals surface area contributed by atoms with Gasteiger partial charge in [0.1, 0.15) is 29.9 Å². The summed E-state index contributed by atoms with van der Waals surface area (Å²) in [6.45, 7) is -1.96. The molecule has 0 saturated carbocycles. The third-order valence-electron chi connectivity index (χ3n) is 6.54. The average Bonchev–Trinajstić information content (AvgIpc) is 3.01. The maximum Gasteiger partial charge on any atom is 0.326 e. The monoisotopic (exact) mass is 631 g/mol. The normalized spacial score (nSPS) is 14.1. The van der Waals surface area contributed by atoms with Crippen LogP contribution in [0.2, 0.25) is 0 Å². The van der Waals surface area contributed by atoms with E-state index in [0.29, 0.717) is 11.1 Å². The van der Waals surface area contributed by atoms with Crippen molar-refractivity contribution in [1.29, 1.82) is 0 Å². The molecule has 0 aromatic heterocycles. The Labute approximate surface area is 257 Å². The molecule has 2 aromatic carbocycles. The van der Waals surface area contributed by atoms with Crippen LogP contribution in [0.15, 0.2) is 54.6 Å². The summed E-state index contributed by atoms with van der Waals surface area (Å²) in [6, 6.07) is 6.79. The molecule has 0 aliphatic carbocycles. The third-order valence-corrected chi connectivity index (χ3v) is 6.54. The van der Waals surface area contributed by atoms with Crippen molar-refractivity contribution in [1.82, 2.24) is 21.3 Å². The van der Waals surface area contributed by atoms with E-state index in [0.717, 1.165) is 0 Å². The summed E-state index contributed by atoms with van der Waals surface area (Å²) in [5.74, 6) is -6.70. The molecule has 16 nitrogen and oxygen atoms in total. The number of carboxylic acid groups (broad SMARTS) is 2. The highest BCUT2D eigenvalue weighted by Gasteiger charge is 2.31. The van der Waals surface area contributed by atoms with Crippen LogP contribution >= 0.6 is 0 Å². The van der Waals surface area contributed by atoms with Gasteiger partial charge in [-0.2, -0.15) is 0 Å². The van der Waals surface area contributed by atoms with Crippen LogP contribution in [0.25, 0.3) is 0 Å². The number of aliphatic hydroxyl groups excluding tert-OH is 2. The Balaban J connectivity index is 2.05. The van der Waals surface area contributed by atoms with E-state index in [1.165, 1.54) is 24.3 Å². The molecule has 0 aliphatic rings. The molecule has 11 N–H and O–H groups in total. The van der Waals surface area contributed by atoms with Gasteiger partial charge in [-0.05, 0) is 36.1 Å². The van der Waals surface area contributed by atoms with Crippen LogP contribution in [0.3, 0.4) is 0 Å². The van der Waals surface area contributed by atoms with Crippen molar-refractivity contribution in [3.05, 3.63) is 65.7 Å². The zero-order chi connectivity index (χ0) is 33.5. The minimum Gasteiger partial charge on any atom is -0.508 e. The maximum atomic E-state index is 13.0. The van der Waals surface area contributed by atoms with Crippen molar-refractivity contribution < 1.29 is 54.3 Å². The van der Waals surface area contributed by atoms with Gasteiger partial charge in [0.2, 0.25) is 23.6 Å². The summed E-state index contributed by atoms with van der Waals surface area (Å²) in [4.78, 5) is 74.1. The van der Waals surface area contributed by atoms with E-state index in [1.807, 2.05) is 0 Å². The molecule has 244 valence electrons. The lowest BCUT2D eigenvalue weighted by Gasteiger charge is -2.25. The molecule has 45 heavy (non-hydrogen) atoms. The zero-order valence-electron chi connectivity index (χ0n) is 24.1. The van der Waals surface area contributed by atoms with Gasteiger partial charge in [0.05, 0.1) is 19.3 Å². The van der Waals surface area contributed by atoms with E-state index in [1.54, 1.807) is 30.3 Å². The van der Waals surface area contributed by atoms with Crippen molar-refractivity contribution in [3.63, 3.8) is 0 Å². The van der Waals surface area contributed by atoms with Gasteiger partial charge in [0.25, 0.3) is 0 Å². The molecular weight excluding hydrogens is 594 g/mol. The van der Waals surface area contributed by atoms with E-state index in [4.69, 9.17) is 10.8 Å². The predicted molar refractivity (Wildman–Crippen MR) is 156 cm³/mol. The lowest BCUT2D eigenvalue weighted by Crippen LogP contribution is -2.60. The molecule has 0 aliphatic heterocycles. The number of rotatable bonds is 18. The van der Waals surface area contributed by atoms with Gasteiger partial charge >= 0.3 is 11.9 Å². The Morgan fingerprint density at radius 3 is 1.58 bits per heavy atom. The van der Waals surface area contributed by atoms with Gasteiger partial charge in [-0.3, -0.25) is 24.0 Å². The fraction of sp³-hybridized carbons (Fsp3) is 0.379. The smallest absolute Gasteiger partial charge is 0.326 e. The molecule has 5 atom stereocenters. The lowest BCUT2D eigenvalue weighted by molar-refractivity contribution is -0.142. The Bertz CT molecular complexity index is 1320. The van der Waals surface area contributed by atoms with Crippen LogP contribution in [0.1, 0.15) is 24.0 Å². The van der Waals surface area contributed by atoms with Crippen LogP contribution in [-0.2, 0) is 41.6 Å². The van der Waals surface area contributed by atoms with E-state index < -0.39 is 91.8 Å². The zero-order valence-corrected chi connectivity index (χ0v) is 24.1. The quantitative estimate of drug-likeness (QED) is 0.0810. The highest BCUT2D eigenvalue weighted by atomic mass is 16.4. The summed E-state index contributed by atoms with van der Waals surface area (Å²) in [6.07, 6.45) is -1.04. The van der Waals surface area contributed by atoms with Crippen LogP contribution in [0, 0.1) is 0 Å². The molecule has 2 rings (SSSR count). The SMILES string of the molecule is N[C@@H](Cc1ccc(O)cc1)C(=O)N[C@@H](CCC(=O)O)C(=O)N[C@@H](CO)C(=O)N[C@@H](CO)C(=O)N[C@@H](Cc1ccccc1)C(=O)O. The first-order valence-corrected chi connectivity index (χ1v) is 13.8. The fourth-order valence-electron chi connectivity index (χ4n) is 4.05. The standard InChI is InChI=1S/C29H37N5O11/c30-19(12-17-6-8-18(37)9-7-17)25(40)31-20(10-11-24(38)39)26(41)33-23(15-36)28(43)34-22(14-35)27(42)32-21(29(44)45)13-16-4-2-1-3-5-16/h1-9,19-23,35-37H,10-15,30H2,(H,31,40)(H,32,42)(H,33,41)(H,34,43)(H,38,39)(H,44,45)/t19-,20-,21-,22-,23-/m0/s1. The number of carbonyl (C=O) groups is 6. The lowest BCUT2D eigenvalue weighted by atomic mass is 10.0. The van der Waals surface area contributed by atoms with Crippen molar-refractivity contribution >= 4 is 35.6 Å². The van der Waals surface area contributed by atoms with E-state index in [9.17, 15) is 49.2 Å². The van der Waals surface area contributed by atoms with Crippen LogP contribution < -0.4 is 27.0 Å². The summed E-state index contributed by atoms with van der Waals surface area (Å²) in [5, 5.41) is 56.3. The van der Waals surface area contributed by atoms with Crippen molar-refractivity contribution in [2.24, 2.45) is 5.73 Å². The molecule has 16 heteroatoms. The van der Waals surface area contributed by atoms with Crippen LogP contribution in [-0.4, -0.2) is 105 Å². The molecule has 4 amide bonds. The van der Waals surface area contributed by atoms with Crippen LogP contribution in [0.5, 0.6) is 5.75 Å². The fourth-order valence-corrected chi connectivity index (χ4v) is 4.05. The Hall–Kier alpha value is -5.06. The van der Waals surface area contributed by atoms with E-state index >= 15 is 0 Å². The summed E-state index contributed by atoms with van der Waals surface area (Å²) in [5.41, 5.74) is 7.13. The minimum absolute atomic E-state index is 0.00288. The second-order valence-corrected chi connectivity index (χ2v) is 10.0. The summed E-state index contributed by atoms with van der Waals surface area (Å²) in [7, 11) is 0. The van der Waals surface area contributed by atoms with Crippen LogP contribution in [0.4, 0.5) is 0 Å². The molecule has 0 spiro atoms.